The van der Waals surface area contributed by atoms with Crippen LogP contribution in [0.2, 0.25) is 5.02 Å². The topological polar surface area (TPSA) is 98.7 Å². The van der Waals surface area contributed by atoms with Crippen LogP contribution >= 0.6 is 11.6 Å². The molecular formula is C20H21ClN6O. The lowest BCUT2D eigenvalue weighted by Crippen LogP contribution is -2.27. The van der Waals surface area contributed by atoms with Crippen molar-refractivity contribution in [2.75, 3.05) is 11.1 Å². The predicted molar refractivity (Wildman–Crippen MR) is 111 cm³/mol. The Kier molecular flexibility index (Phi) is 4.34. The monoisotopic (exact) mass is 396 g/mol. The molecule has 1 aliphatic heterocycles. The van der Waals surface area contributed by atoms with Crippen LogP contribution in [0.1, 0.15) is 37.9 Å². The van der Waals surface area contributed by atoms with Crippen LogP contribution in [0, 0.1) is 0 Å². The minimum Gasteiger partial charge on any atom is -0.383 e. The van der Waals surface area contributed by atoms with Crippen molar-refractivity contribution in [2.45, 2.75) is 38.5 Å². The van der Waals surface area contributed by atoms with E-state index < -0.39 is 5.41 Å². The highest BCUT2D eigenvalue weighted by atomic mass is 35.5. The number of carbonyl (C=O) groups excluding carboxylic acids is 1. The molecule has 1 aliphatic rings. The molecule has 28 heavy (non-hydrogen) atoms. The third-order valence-corrected chi connectivity index (χ3v) is 5.31. The molecule has 0 fully saturated rings. The normalized spacial score (nSPS) is 14.9. The average Bonchev–Trinajstić information content (AvgIpc) is 3.10. The molecule has 0 saturated heterocycles. The van der Waals surface area contributed by atoms with E-state index in [1.54, 1.807) is 24.6 Å². The summed E-state index contributed by atoms with van der Waals surface area (Å²) < 4.78 is 1.66. The highest BCUT2D eigenvalue weighted by molar-refractivity contribution is 6.31. The maximum atomic E-state index is 12.3. The van der Waals surface area contributed by atoms with Crippen molar-refractivity contribution in [1.29, 1.82) is 0 Å². The summed E-state index contributed by atoms with van der Waals surface area (Å²) >= 11 is 6.20. The molecule has 7 nitrogen and oxygen atoms in total. The first-order chi connectivity index (χ1) is 13.3. The van der Waals surface area contributed by atoms with Gasteiger partial charge in [0.1, 0.15) is 11.6 Å². The van der Waals surface area contributed by atoms with Gasteiger partial charge in [-0.2, -0.15) is 19.7 Å². The molecule has 2 aromatic heterocycles. The number of carbonyl (C=O) groups is 1. The number of fused-ring (bicyclic) bond motifs is 2. The van der Waals surface area contributed by atoms with Crippen molar-refractivity contribution in [3.63, 3.8) is 0 Å². The second-order valence-electron chi connectivity index (χ2n) is 7.41. The molecule has 0 spiro atoms. The predicted octanol–water partition coefficient (Wildman–Crippen LogP) is 3.79. The summed E-state index contributed by atoms with van der Waals surface area (Å²) in [5, 5.41) is 9.11. The van der Waals surface area contributed by atoms with Gasteiger partial charge in [0.15, 0.2) is 0 Å². The number of benzene rings is 1. The van der Waals surface area contributed by atoms with Crippen LogP contribution in [0.15, 0.2) is 30.9 Å². The highest BCUT2D eigenvalue weighted by Gasteiger charge is 2.42. The number of amides is 1. The number of halogens is 1. The van der Waals surface area contributed by atoms with Gasteiger partial charge in [0.2, 0.25) is 5.91 Å². The Morgan fingerprint density at radius 2 is 2.14 bits per heavy atom. The summed E-state index contributed by atoms with van der Waals surface area (Å²) in [6.45, 7) is 7.37. The van der Waals surface area contributed by atoms with Gasteiger partial charge in [-0.05, 0) is 51.3 Å². The molecule has 0 bridgehead atoms. The lowest BCUT2D eigenvalue weighted by molar-refractivity contribution is -0.119. The number of nitrogen functional groups attached to an aromatic ring is 1. The SMILES string of the molecule is C=CCCCc1nn(-c2nc(N)c3c(n2)NC(=O)C3(C)C)c2ccc(Cl)cc12. The van der Waals surface area contributed by atoms with E-state index in [1.165, 1.54) is 0 Å². The fourth-order valence-corrected chi connectivity index (χ4v) is 3.72. The lowest BCUT2D eigenvalue weighted by Gasteiger charge is -2.16. The zero-order valence-electron chi connectivity index (χ0n) is 15.8. The largest absolute Gasteiger partial charge is 0.383 e. The molecule has 3 aromatic rings. The van der Waals surface area contributed by atoms with Gasteiger partial charge in [0.25, 0.3) is 5.95 Å². The van der Waals surface area contributed by atoms with E-state index in [2.05, 4.69) is 21.9 Å². The molecule has 3 heterocycles. The van der Waals surface area contributed by atoms with Crippen LogP contribution in [0.3, 0.4) is 0 Å². The Morgan fingerprint density at radius 3 is 2.89 bits per heavy atom. The molecule has 0 saturated carbocycles. The number of rotatable bonds is 5. The number of nitrogens with zero attached hydrogens (tertiary/aromatic N) is 4. The van der Waals surface area contributed by atoms with E-state index in [-0.39, 0.29) is 11.7 Å². The van der Waals surface area contributed by atoms with Crippen LogP contribution in [0.25, 0.3) is 16.9 Å². The molecule has 0 atom stereocenters. The molecule has 144 valence electrons. The fraction of sp³-hybridized carbons (Fsp3) is 0.300. The van der Waals surface area contributed by atoms with E-state index in [0.29, 0.717) is 22.4 Å². The first-order valence-electron chi connectivity index (χ1n) is 9.11. The number of nitrogens with one attached hydrogen (secondary N) is 1. The summed E-state index contributed by atoms with van der Waals surface area (Å²) in [4.78, 5) is 21.3. The summed E-state index contributed by atoms with van der Waals surface area (Å²) in [5.41, 5.74) is 7.79. The molecule has 0 radical (unpaired) electrons. The Morgan fingerprint density at radius 1 is 1.36 bits per heavy atom. The van der Waals surface area contributed by atoms with Gasteiger partial charge in [-0.25, -0.2) is 0 Å². The summed E-state index contributed by atoms with van der Waals surface area (Å²) in [5.74, 6) is 0.872. The number of hydrogen-bond acceptors (Lipinski definition) is 5. The number of unbranched alkanes of at least 4 members (excludes halogenated alkanes) is 1. The Balaban J connectivity index is 1.86. The van der Waals surface area contributed by atoms with Crippen molar-refractivity contribution < 1.29 is 4.79 Å². The number of nitrogens with two attached hydrogens (primary N) is 1. The fourth-order valence-electron chi connectivity index (χ4n) is 3.55. The maximum absolute atomic E-state index is 12.3. The number of hydrogen-bond donors (Lipinski definition) is 2. The van der Waals surface area contributed by atoms with Crippen molar-refractivity contribution in [2.24, 2.45) is 0 Å². The molecule has 0 unspecified atom stereocenters. The van der Waals surface area contributed by atoms with Crippen molar-refractivity contribution in [3.8, 4) is 5.95 Å². The van der Waals surface area contributed by atoms with Gasteiger partial charge in [-0.1, -0.05) is 17.7 Å². The number of aryl methyl sites for hydroxylation is 1. The smallest absolute Gasteiger partial charge is 0.255 e. The zero-order valence-corrected chi connectivity index (χ0v) is 16.5. The van der Waals surface area contributed by atoms with Gasteiger partial charge >= 0.3 is 0 Å². The van der Waals surface area contributed by atoms with E-state index in [1.807, 2.05) is 18.2 Å². The first kappa shape index (κ1) is 18.4. The van der Waals surface area contributed by atoms with Crippen molar-refractivity contribution in [1.82, 2.24) is 19.7 Å². The van der Waals surface area contributed by atoms with Gasteiger partial charge in [0.05, 0.1) is 22.2 Å². The van der Waals surface area contributed by atoms with Crippen LogP contribution in [-0.2, 0) is 16.6 Å². The Labute approximate surface area is 167 Å². The molecule has 4 rings (SSSR count). The van der Waals surface area contributed by atoms with Crippen molar-refractivity contribution in [3.05, 3.63) is 47.1 Å². The molecule has 8 heteroatoms. The number of anilines is 2. The van der Waals surface area contributed by atoms with Crippen LogP contribution in [0.4, 0.5) is 11.6 Å². The third-order valence-electron chi connectivity index (χ3n) is 5.08. The van der Waals surface area contributed by atoms with Crippen LogP contribution in [0.5, 0.6) is 0 Å². The minimum atomic E-state index is -0.770. The van der Waals surface area contributed by atoms with E-state index in [9.17, 15) is 4.79 Å². The van der Waals surface area contributed by atoms with E-state index in [4.69, 9.17) is 22.4 Å². The second kappa shape index (κ2) is 6.60. The molecule has 0 aliphatic carbocycles. The number of allylic oxidation sites excluding steroid dienone is 1. The summed E-state index contributed by atoms with van der Waals surface area (Å²) in [6, 6.07) is 5.58. The second-order valence-corrected chi connectivity index (χ2v) is 7.85. The molecule has 3 N–H and O–H groups in total. The van der Waals surface area contributed by atoms with Crippen LogP contribution < -0.4 is 11.1 Å². The molecule has 1 aromatic carbocycles. The summed E-state index contributed by atoms with van der Waals surface area (Å²) in [7, 11) is 0. The van der Waals surface area contributed by atoms with Crippen molar-refractivity contribution >= 4 is 40.0 Å². The first-order valence-corrected chi connectivity index (χ1v) is 9.48. The van der Waals surface area contributed by atoms with Gasteiger partial charge in [-0.3, -0.25) is 4.79 Å². The highest BCUT2D eigenvalue weighted by Crippen LogP contribution is 2.39. The average molecular weight is 397 g/mol. The van der Waals surface area contributed by atoms with Gasteiger partial charge < -0.3 is 11.1 Å². The minimum absolute atomic E-state index is 0.150. The molecule has 1 amide bonds. The van der Waals surface area contributed by atoms with Crippen LogP contribution in [-0.4, -0.2) is 25.7 Å². The van der Waals surface area contributed by atoms with Gasteiger partial charge in [0, 0.05) is 10.4 Å². The quantitative estimate of drug-likeness (QED) is 0.505. The maximum Gasteiger partial charge on any atom is 0.255 e. The van der Waals surface area contributed by atoms with E-state index in [0.717, 1.165) is 35.9 Å². The Bertz CT molecular complexity index is 1120. The Hall–Kier alpha value is -2.93. The zero-order chi connectivity index (χ0) is 20.1. The number of aromatic nitrogens is 4. The van der Waals surface area contributed by atoms with Gasteiger partial charge in [-0.15, -0.1) is 6.58 Å². The van der Waals surface area contributed by atoms with E-state index >= 15 is 0 Å². The molecular weight excluding hydrogens is 376 g/mol. The third kappa shape index (κ3) is 2.82. The summed E-state index contributed by atoms with van der Waals surface area (Å²) in [6.07, 6.45) is 4.50. The lowest BCUT2D eigenvalue weighted by atomic mass is 9.87. The standard InChI is InChI=1S/C20H21ClN6O/c1-4-5-6-7-13-12-10-11(21)8-9-14(12)27(26-13)19-23-16(22)15-17(25-19)24-18(28)20(15,2)3/h4,8-10H,1,5-7H2,2-3H3,(H3,22,23,24,25,28).